The minimum absolute atomic E-state index is 0.159. The maximum absolute atomic E-state index is 12.3. The van der Waals surface area contributed by atoms with Gasteiger partial charge in [0, 0.05) is 36.2 Å². The van der Waals surface area contributed by atoms with Crippen molar-refractivity contribution in [1.82, 2.24) is 5.32 Å². The van der Waals surface area contributed by atoms with Gasteiger partial charge in [-0.2, -0.15) is 0 Å². The first-order valence-corrected chi connectivity index (χ1v) is 9.66. The molecule has 29 heavy (non-hydrogen) atoms. The van der Waals surface area contributed by atoms with Crippen molar-refractivity contribution in [3.63, 3.8) is 0 Å². The second-order valence-corrected chi connectivity index (χ2v) is 6.83. The Kier molecular flexibility index (Phi) is 6.65. The number of carbonyl (C=O) groups is 1. The first-order valence-electron chi connectivity index (χ1n) is 9.66. The molecule has 0 saturated carbocycles. The van der Waals surface area contributed by atoms with E-state index >= 15 is 0 Å². The minimum Gasteiger partial charge on any atom is -0.497 e. The average Bonchev–Trinajstić information content (AvgIpc) is 3.09. The Bertz CT molecular complexity index is 884. The number of methoxy groups -OCH3 is 2. The second kappa shape index (κ2) is 9.37. The molecule has 154 valence electrons. The standard InChI is InChI=1S/C23H27NO5/c1-5-28-21-11-17-8-15(2)29-22(17)12-18(21)14-24-23(25)7-6-16-9-19(26-3)13-20(10-16)27-4/h6-7,9-13,15H,5,8,14H2,1-4H3,(H,24,25)/b7-6+/t15-/m0/s1. The summed E-state index contributed by atoms with van der Waals surface area (Å²) in [6.07, 6.45) is 4.24. The first-order chi connectivity index (χ1) is 14.0. The molecule has 1 aliphatic rings. The Hall–Kier alpha value is -3.15. The molecule has 0 saturated heterocycles. The molecule has 0 unspecified atom stereocenters. The monoisotopic (exact) mass is 397 g/mol. The van der Waals surface area contributed by atoms with Gasteiger partial charge < -0.3 is 24.3 Å². The maximum atomic E-state index is 12.3. The molecule has 2 aromatic rings. The normalized spacial score (nSPS) is 15.0. The second-order valence-electron chi connectivity index (χ2n) is 6.83. The Morgan fingerprint density at radius 1 is 1.17 bits per heavy atom. The summed E-state index contributed by atoms with van der Waals surface area (Å²) in [5.74, 6) is 2.77. The van der Waals surface area contributed by atoms with Crippen LogP contribution in [0.3, 0.4) is 0 Å². The summed E-state index contributed by atoms with van der Waals surface area (Å²) in [6, 6.07) is 9.42. The summed E-state index contributed by atoms with van der Waals surface area (Å²) in [5, 5.41) is 2.90. The third kappa shape index (κ3) is 5.22. The van der Waals surface area contributed by atoms with Gasteiger partial charge >= 0.3 is 0 Å². The molecule has 0 fully saturated rings. The van der Waals surface area contributed by atoms with Gasteiger partial charge in [-0.05, 0) is 49.8 Å². The molecule has 3 rings (SSSR count). The van der Waals surface area contributed by atoms with Gasteiger partial charge in [-0.15, -0.1) is 0 Å². The predicted molar refractivity (Wildman–Crippen MR) is 112 cm³/mol. The highest BCUT2D eigenvalue weighted by Gasteiger charge is 2.21. The fourth-order valence-corrected chi connectivity index (χ4v) is 3.25. The van der Waals surface area contributed by atoms with Crippen LogP contribution in [-0.4, -0.2) is 32.8 Å². The number of rotatable bonds is 8. The lowest BCUT2D eigenvalue weighted by Crippen LogP contribution is -2.20. The van der Waals surface area contributed by atoms with Crippen LogP contribution in [0.15, 0.2) is 36.4 Å². The van der Waals surface area contributed by atoms with Crippen LogP contribution < -0.4 is 24.3 Å². The SMILES string of the molecule is CCOc1cc2c(cc1CNC(=O)/C=C/c1cc(OC)cc(OC)c1)O[C@@H](C)C2. The fourth-order valence-electron chi connectivity index (χ4n) is 3.25. The number of fused-ring (bicyclic) bond motifs is 1. The van der Waals surface area contributed by atoms with E-state index in [9.17, 15) is 4.79 Å². The summed E-state index contributed by atoms with van der Waals surface area (Å²) >= 11 is 0. The van der Waals surface area contributed by atoms with Crippen molar-refractivity contribution in [2.75, 3.05) is 20.8 Å². The van der Waals surface area contributed by atoms with Crippen LogP contribution in [0.1, 0.15) is 30.5 Å². The highest BCUT2D eigenvalue weighted by atomic mass is 16.5. The third-order valence-electron chi connectivity index (χ3n) is 4.63. The third-order valence-corrected chi connectivity index (χ3v) is 4.63. The zero-order valence-corrected chi connectivity index (χ0v) is 17.3. The molecule has 1 aliphatic heterocycles. The van der Waals surface area contributed by atoms with Crippen LogP contribution in [0.2, 0.25) is 0 Å². The Labute approximate surface area is 171 Å². The van der Waals surface area contributed by atoms with Crippen molar-refractivity contribution < 1.29 is 23.7 Å². The molecule has 0 aromatic heterocycles. The summed E-state index contributed by atoms with van der Waals surface area (Å²) in [6.45, 7) is 4.90. The number of carbonyl (C=O) groups excluding carboxylic acids is 1. The molecule has 1 heterocycles. The van der Waals surface area contributed by atoms with E-state index in [-0.39, 0.29) is 12.0 Å². The van der Waals surface area contributed by atoms with Crippen LogP contribution >= 0.6 is 0 Å². The molecule has 0 radical (unpaired) electrons. The molecular weight excluding hydrogens is 370 g/mol. The Morgan fingerprint density at radius 3 is 2.55 bits per heavy atom. The number of hydrogen-bond donors (Lipinski definition) is 1. The van der Waals surface area contributed by atoms with Gasteiger partial charge in [0.15, 0.2) is 0 Å². The number of benzene rings is 2. The average molecular weight is 397 g/mol. The van der Waals surface area contributed by atoms with Crippen LogP contribution in [0, 0.1) is 0 Å². The van der Waals surface area contributed by atoms with Crippen LogP contribution in [0.25, 0.3) is 6.08 Å². The quantitative estimate of drug-likeness (QED) is 0.687. The van der Waals surface area contributed by atoms with E-state index in [0.717, 1.165) is 34.6 Å². The number of ether oxygens (including phenoxy) is 4. The topological polar surface area (TPSA) is 66.0 Å². The Balaban J connectivity index is 1.68. The lowest BCUT2D eigenvalue weighted by atomic mass is 10.1. The summed E-state index contributed by atoms with van der Waals surface area (Å²) in [4.78, 5) is 12.3. The van der Waals surface area contributed by atoms with Gasteiger partial charge in [0.25, 0.3) is 0 Å². The first kappa shape index (κ1) is 20.6. The summed E-state index contributed by atoms with van der Waals surface area (Å²) in [5.41, 5.74) is 2.85. The van der Waals surface area contributed by atoms with Crippen molar-refractivity contribution >= 4 is 12.0 Å². The molecule has 0 aliphatic carbocycles. The highest BCUT2D eigenvalue weighted by molar-refractivity contribution is 5.91. The smallest absolute Gasteiger partial charge is 0.244 e. The van der Waals surface area contributed by atoms with E-state index in [1.54, 1.807) is 26.4 Å². The number of hydrogen-bond acceptors (Lipinski definition) is 5. The van der Waals surface area contributed by atoms with E-state index < -0.39 is 0 Å². The van der Waals surface area contributed by atoms with E-state index in [1.165, 1.54) is 6.08 Å². The molecule has 0 bridgehead atoms. The molecule has 0 spiro atoms. The van der Waals surface area contributed by atoms with Crippen molar-refractivity contribution in [2.45, 2.75) is 32.9 Å². The van der Waals surface area contributed by atoms with Gasteiger partial charge in [0.2, 0.25) is 5.91 Å². The van der Waals surface area contributed by atoms with Crippen molar-refractivity contribution in [3.8, 4) is 23.0 Å². The molecule has 2 aromatic carbocycles. The van der Waals surface area contributed by atoms with E-state index in [1.807, 2.05) is 38.1 Å². The minimum atomic E-state index is -0.205. The van der Waals surface area contributed by atoms with Gasteiger partial charge in [0.05, 0.1) is 20.8 Å². The largest absolute Gasteiger partial charge is 0.497 e. The van der Waals surface area contributed by atoms with Crippen LogP contribution in [-0.2, 0) is 17.8 Å². The highest BCUT2D eigenvalue weighted by Crippen LogP contribution is 2.35. The molecule has 6 nitrogen and oxygen atoms in total. The van der Waals surface area contributed by atoms with Crippen molar-refractivity contribution in [1.29, 1.82) is 0 Å². The predicted octanol–water partition coefficient (Wildman–Crippen LogP) is 3.76. The summed E-state index contributed by atoms with van der Waals surface area (Å²) in [7, 11) is 3.18. The van der Waals surface area contributed by atoms with E-state index in [4.69, 9.17) is 18.9 Å². The lowest BCUT2D eigenvalue weighted by Gasteiger charge is -2.13. The van der Waals surface area contributed by atoms with Gasteiger partial charge in [-0.3, -0.25) is 4.79 Å². The zero-order valence-electron chi connectivity index (χ0n) is 17.3. The van der Waals surface area contributed by atoms with Gasteiger partial charge in [-0.25, -0.2) is 0 Å². The van der Waals surface area contributed by atoms with Crippen molar-refractivity contribution in [2.24, 2.45) is 0 Å². The van der Waals surface area contributed by atoms with Gasteiger partial charge in [0.1, 0.15) is 29.1 Å². The molecule has 6 heteroatoms. The molecule has 1 atom stereocenters. The zero-order chi connectivity index (χ0) is 20.8. The lowest BCUT2D eigenvalue weighted by molar-refractivity contribution is -0.116. The fraction of sp³-hybridized carbons (Fsp3) is 0.348. The maximum Gasteiger partial charge on any atom is 0.244 e. The summed E-state index contributed by atoms with van der Waals surface area (Å²) < 4.78 is 22.1. The molecular formula is C23H27NO5. The van der Waals surface area contributed by atoms with E-state index in [0.29, 0.717) is 24.7 Å². The Morgan fingerprint density at radius 2 is 1.90 bits per heavy atom. The van der Waals surface area contributed by atoms with Crippen LogP contribution in [0.4, 0.5) is 0 Å². The van der Waals surface area contributed by atoms with Gasteiger partial charge in [-0.1, -0.05) is 0 Å². The van der Waals surface area contributed by atoms with E-state index in [2.05, 4.69) is 5.32 Å². The molecule has 1 N–H and O–H groups in total. The number of amides is 1. The number of nitrogens with one attached hydrogen (secondary N) is 1. The molecule has 1 amide bonds. The van der Waals surface area contributed by atoms with Crippen LogP contribution in [0.5, 0.6) is 23.0 Å². The van der Waals surface area contributed by atoms with Crippen molar-refractivity contribution in [3.05, 3.63) is 53.1 Å².